The number of benzene rings is 1. The maximum Gasteiger partial charge on any atom is 0.266 e. The Bertz CT molecular complexity index is 522. The predicted molar refractivity (Wildman–Crippen MR) is 73.7 cm³/mol. The molecule has 1 aromatic carbocycles. The van der Waals surface area contributed by atoms with Crippen molar-refractivity contribution in [3.8, 4) is 5.75 Å². The van der Waals surface area contributed by atoms with Gasteiger partial charge in [0, 0.05) is 10.3 Å². The zero-order valence-electron chi connectivity index (χ0n) is 9.85. The van der Waals surface area contributed by atoms with Crippen molar-refractivity contribution in [2.45, 2.75) is 23.0 Å². The third kappa shape index (κ3) is 1.93. The average Bonchev–Trinajstić information content (AvgIpc) is 3.16. The highest BCUT2D eigenvalue weighted by Crippen LogP contribution is 2.56. The van der Waals surface area contributed by atoms with Crippen LogP contribution in [-0.4, -0.2) is 28.2 Å². The number of thioether (sulfide) groups is 1. The maximum absolute atomic E-state index is 11.8. The summed E-state index contributed by atoms with van der Waals surface area (Å²) < 4.78 is 5.01. The fourth-order valence-electron chi connectivity index (χ4n) is 1.98. The summed E-state index contributed by atoms with van der Waals surface area (Å²) in [5.41, 5.74) is 0.948. The summed E-state index contributed by atoms with van der Waals surface area (Å²) >= 11 is 7.76. The van der Waals surface area contributed by atoms with Crippen molar-refractivity contribution in [2.24, 2.45) is 4.99 Å². The van der Waals surface area contributed by atoms with Gasteiger partial charge in [-0.05, 0) is 37.1 Å². The molecule has 5 heteroatoms. The third-order valence-electron chi connectivity index (χ3n) is 3.27. The lowest BCUT2D eigenvalue weighted by Gasteiger charge is -2.24. The lowest BCUT2D eigenvalue weighted by molar-refractivity contribution is -0.117. The smallest absolute Gasteiger partial charge is 0.266 e. The minimum atomic E-state index is -0.468. The van der Waals surface area contributed by atoms with Gasteiger partial charge in [0.1, 0.15) is 16.2 Å². The number of ether oxygens (including phenoxy) is 1. The van der Waals surface area contributed by atoms with Gasteiger partial charge in [-0.1, -0.05) is 11.8 Å². The second-order valence-corrected chi connectivity index (χ2v) is 6.35. The SMILES string of the molecule is COc1ccc(C2=NC(=O)C(Cl)C3(CC3)S2)cc1. The summed E-state index contributed by atoms with van der Waals surface area (Å²) in [6, 6.07) is 7.58. The second-order valence-electron chi connectivity index (χ2n) is 4.51. The Hall–Kier alpha value is -1.00. The minimum absolute atomic E-state index is 0.102. The van der Waals surface area contributed by atoms with Gasteiger partial charge in [0.05, 0.1) is 7.11 Å². The first-order valence-electron chi connectivity index (χ1n) is 5.75. The molecule has 0 N–H and O–H groups in total. The number of halogens is 1. The topological polar surface area (TPSA) is 38.7 Å². The summed E-state index contributed by atoms with van der Waals surface area (Å²) in [6.45, 7) is 0. The Labute approximate surface area is 115 Å². The van der Waals surface area contributed by atoms with Crippen LogP contribution in [-0.2, 0) is 4.79 Å². The first-order valence-corrected chi connectivity index (χ1v) is 7.00. The van der Waals surface area contributed by atoms with Crippen LogP contribution in [0, 0.1) is 0 Å². The fraction of sp³-hybridized carbons (Fsp3) is 0.385. The van der Waals surface area contributed by atoms with Crippen LogP contribution in [0.1, 0.15) is 18.4 Å². The zero-order valence-corrected chi connectivity index (χ0v) is 11.4. The number of alkyl halides is 1. The molecule has 3 nitrogen and oxygen atoms in total. The van der Waals surface area contributed by atoms with E-state index in [1.807, 2.05) is 24.3 Å². The van der Waals surface area contributed by atoms with E-state index in [0.29, 0.717) is 0 Å². The first kappa shape index (κ1) is 12.1. The first-order chi connectivity index (χ1) is 8.64. The summed E-state index contributed by atoms with van der Waals surface area (Å²) in [7, 11) is 1.63. The molecule has 1 atom stereocenters. The lowest BCUT2D eigenvalue weighted by Crippen LogP contribution is -2.33. The molecule has 1 saturated carbocycles. The second kappa shape index (κ2) is 4.28. The van der Waals surface area contributed by atoms with Gasteiger partial charge in [-0.2, -0.15) is 0 Å². The van der Waals surface area contributed by atoms with Crippen molar-refractivity contribution in [1.29, 1.82) is 0 Å². The van der Waals surface area contributed by atoms with E-state index in [4.69, 9.17) is 16.3 Å². The molecule has 1 aliphatic heterocycles. The quantitative estimate of drug-likeness (QED) is 0.783. The van der Waals surface area contributed by atoms with Crippen LogP contribution >= 0.6 is 23.4 Å². The molecule has 0 saturated heterocycles. The third-order valence-corrected chi connectivity index (χ3v) is 5.57. The lowest BCUT2D eigenvalue weighted by atomic mass is 10.2. The summed E-state index contributed by atoms with van der Waals surface area (Å²) in [5, 5.41) is 0.307. The number of carbonyl (C=O) groups excluding carboxylic acids is 1. The summed E-state index contributed by atoms with van der Waals surface area (Å²) in [5.74, 6) is 0.585. The van der Waals surface area contributed by atoms with Crippen LogP contribution in [0.2, 0.25) is 0 Å². The van der Waals surface area contributed by atoms with Crippen LogP contribution in [0.25, 0.3) is 0 Å². The van der Waals surface area contributed by atoms with E-state index in [1.165, 1.54) is 0 Å². The van der Waals surface area contributed by atoms with Crippen molar-refractivity contribution < 1.29 is 9.53 Å². The predicted octanol–water partition coefficient (Wildman–Crippen LogP) is 2.86. The van der Waals surface area contributed by atoms with Crippen molar-refractivity contribution >= 4 is 34.3 Å². The molecule has 1 unspecified atom stereocenters. The number of hydrogen-bond donors (Lipinski definition) is 0. The molecule has 0 bridgehead atoms. The highest BCUT2D eigenvalue weighted by atomic mass is 35.5. The van der Waals surface area contributed by atoms with Gasteiger partial charge >= 0.3 is 0 Å². The molecule has 18 heavy (non-hydrogen) atoms. The van der Waals surface area contributed by atoms with Gasteiger partial charge in [0.25, 0.3) is 5.91 Å². The fourth-order valence-corrected chi connectivity index (χ4v) is 3.67. The van der Waals surface area contributed by atoms with Crippen molar-refractivity contribution in [2.75, 3.05) is 7.11 Å². The van der Waals surface area contributed by atoms with E-state index in [1.54, 1.807) is 18.9 Å². The highest BCUT2D eigenvalue weighted by molar-refractivity contribution is 8.16. The summed E-state index contributed by atoms with van der Waals surface area (Å²) in [6.07, 6.45) is 1.99. The number of carbonyl (C=O) groups is 1. The average molecular weight is 282 g/mol. The molecular weight excluding hydrogens is 270 g/mol. The Kier molecular flexibility index (Phi) is 2.87. The van der Waals surface area contributed by atoms with Gasteiger partial charge in [-0.3, -0.25) is 4.79 Å². The molecule has 3 rings (SSSR count). The Balaban J connectivity index is 1.91. The number of methoxy groups -OCH3 is 1. The van der Waals surface area contributed by atoms with Gasteiger partial charge < -0.3 is 4.74 Å². The van der Waals surface area contributed by atoms with E-state index in [-0.39, 0.29) is 10.7 Å². The highest BCUT2D eigenvalue weighted by Gasteiger charge is 2.55. The molecule has 94 valence electrons. The molecule has 1 aromatic rings. The zero-order chi connectivity index (χ0) is 12.8. The molecule has 1 spiro atoms. The van der Waals surface area contributed by atoms with Crippen LogP contribution in [0.4, 0.5) is 0 Å². The molecular formula is C13H12ClNO2S. The van der Waals surface area contributed by atoms with Crippen molar-refractivity contribution in [1.82, 2.24) is 0 Å². The molecule has 2 aliphatic rings. The van der Waals surface area contributed by atoms with Gasteiger partial charge in [-0.25, -0.2) is 4.99 Å². The number of rotatable bonds is 2. The van der Waals surface area contributed by atoms with E-state index >= 15 is 0 Å². The Morgan fingerprint density at radius 1 is 1.39 bits per heavy atom. The van der Waals surface area contributed by atoms with Gasteiger partial charge in [-0.15, -0.1) is 11.6 Å². The summed E-state index contributed by atoms with van der Waals surface area (Å²) in [4.78, 5) is 15.9. The molecule has 0 aromatic heterocycles. The standard InChI is InChI=1S/C13H12ClNO2S/c1-17-9-4-2-8(3-5-9)12-15-11(16)10(14)13(18-12)6-7-13/h2-5,10H,6-7H2,1H3. The van der Waals surface area contributed by atoms with Crippen LogP contribution in [0.5, 0.6) is 5.75 Å². The van der Waals surface area contributed by atoms with Crippen LogP contribution < -0.4 is 4.74 Å². The van der Waals surface area contributed by atoms with Crippen LogP contribution in [0.15, 0.2) is 29.3 Å². The molecule has 1 aliphatic carbocycles. The number of amides is 1. The number of hydrogen-bond acceptors (Lipinski definition) is 3. The Morgan fingerprint density at radius 3 is 2.61 bits per heavy atom. The molecule has 1 heterocycles. The van der Waals surface area contributed by atoms with Crippen molar-refractivity contribution in [3.63, 3.8) is 0 Å². The van der Waals surface area contributed by atoms with Gasteiger partial charge in [0.2, 0.25) is 0 Å². The number of aliphatic imine (C=N–C) groups is 1. The largest absolute Gasteiger partial charge is 0.497 e. The Morgan fingerprint density at radius 2 is 2.06 bits per heavy atom. The molecule has 1 fully saturated rings. The maximum atomic E-state index is 11.8. The van der Waals surface area contributed by atoms with E-state index < -0.39 is 5.38 Å². The minimum Gasteiger partial charge on any atom is -0.497 e. The van der Waals surface area contributed by atoms with E-state index in [9.17, 15) is 4.79 Å². The molecule has 0 radical (unpaired) electrons. The van der Waals surface area contributed by atoms with E-state index in [0.717, 1.165) is 29.2 Å². The molecule has 1 amide bonds. The van der Waals surface area contributed by atoms with E-state index in [2.05, 4.69) is 4.99 Å². The normalized spacial score (nSPS) is 24.9. The van der Waals surface area contributed by atoms with Crippen molar-refractivity contribution in [3.05, 3.63) is 29.8 Å². The van der Waals surface area contributed by atoms with Gasteiger partial charge in [0.15, 0.2) is 0 Å². The number of nitrogens with zero attached hydrogens (tertiary/aromatic N) is 1. The monoisotopic (exact) mass is 281 g/mol. The van der Waals surface area contributed by atoms with Crippen LogP contribution in [0.3, 0.4) is 0 Å².